The standard InChI is InChI=1S/C11H12O2/c1-13-11-5-3-2-4-9(11)10-6-8(10)7-12/h2-5,7-8,10H,6H2,1H3/t8-,10-/m0/s1. The summed E-state index contributed by atoms with van der Waals surface area (Å²) in [7, 11) is 1.66. The Morgan fingerprint density at radius 3 is 2.85 bits per heavy atom. The Kier molecular flexibility index (Phi) is 2.05. The number of hydrogen-bond donors (Lipinski definition) is 0. The van der Waals surface area contributed by atoms with E-state index in [1.807, 2.05) is 24.3 Å². The third-order valence-corrected chi connectivity index (χ3v) is 2.55. The van der Waals surface area contributed by atoms with E-state index in [4.69, 9.17) is 4.74 Å². The highest BCUT2D eigenvalue weighted by molar-refractivity contribution is 5.62. The molecular weight excluding hydrogens is 164 g/mol. The number of carbonyl (C=O) groups is 1. The lowest BCUT2D eigenvalue weighted by atomic mass is 10.1. The summed E-state index contributed by atoms with van der Waals surface area (Å²) in [6, 6.07) is 7.90. The second-order valence-electron chi connectivity index (χ2n) is 3.38. The predicted octanol–water partition coefficient (Wildman–Crippen LogP) is 2.00. The van der Waals surface area contributed by atoms with E-state index in [9.17, 15) is 4.79 Å². The first kappa shape index (κ1) is 8.30. The summed E-state index contributed by atoms with van der Waals surface area (Å²) in [4.78, 5) is 10.5. The molecule has 0 saturated heterocycles. The molecule has 1 saturated carbocycles. The van der Waals surface area contributed by atoms with Crippen molar-refractivity contribution in [3.63, 3.8) is 0 Å². The van der Waals surface area contributed by atoms with Crippen molar-refractivity contribution in [1.82, 2.24) is 0 Å². The number of rotatable bonds is 3. The zero-order valence-electron chi connectivity index (χ0n) is 7.57. The first-order valence-electron chi connectivity index (χ1n) is 4.45. The summed E-state index contributed by atoms with van der Waals surface area (Å²) >= 11 is 0. The first-order chi connectivity index (χ1) is 6.36. The van der Waals surface area contributed by atoms with Crippen LogP contribution in [0.5, 0.6) is 5.75 Å². The van der Waals surface area contributed by atoms with E-state index in [-0.39, 0.29) is 5.92 Å². The van der Waals surface area contributed by atoms with Crippen molar-refractivity contribution < 1.29 is 9.53 Å². The molecule has 68 valence electrons. The van der Waals surface area contributed by atoms with Crippen LogP contribution in [0.4, 0.5) is 0 Å². The van der Waals surface area contributed by atoms with E-state index in [0.29, 0.717) is 5.92 Å². The zero-order valence-corrected chi connectivity index (χ0v) is 7.57. The molecule has 1 aromatic carbocycles. The Labute approximate surface area is 77.5 Å². The maximum atomic E-state index is 10.5. The van der Waals surface area contributed by atoms with Crippen LogP contribution < -0.4 is 4.74 Å². The number of para-hydroxylation sites is 1. The van der Waals surface area contributed by atoms with E-state index in [1.165, 1.54) is 5.56 Å². The van der Waals surface area contributed by atoms with Crippen LogP contribution in [-0.2, 0) is 4.79 Å². The van der Waals surface area contributed by atoms with Crippen LogP contribution in [0, 0.1) is 5.92 Å². The first-order valence-corrected chi connectivity index (χ1v) is 4.45. The van der Waals surface area contributed by atoms with E-state index in [2.05, 4.69) is 0 Å². The van der Waals surface area contributed by atoms with Crippen molar-refractivity contribution in [2.45, 2.75) is 12.3 Å². The summed E-state index contributed by atoms with van der Waals surface area (Å²) in [6.07, 6.45) is 2.01. The van der Waals surface area contributed by atoms with Gasteiger partial charge in [0, 0.05) is 5.92 Å². The van der Waals surface area contributed by atoms with Gasteiger partial charge in [0.1, 0.15) is 12.0 Å². The van der Waals surface area contributed by atoms with Gasteiger partial charge in [0.05, 0.1) is 7.11 Å². The highest BCUT2D eigenvalue weighted by atomic mass is 16.5. The van der Waals surface area contributed by atoms with Gasteiger partial charge in [-0.1, -0.05) is 18.2 Å². The molecule has 0 aromatic heterocycles. The van der Waals surface area contributed by atoms with Gasteiger partial charge in [0.25, 0.3) is 0 Å². The molecule has 0 aliphatic heterocycles. The molecule has 1 aliphatic carbocycles. The molecule has 0 amide bonds. The third-order valence-electron chi connectivity index (χ3n) is 2.55. The largest absolute Gasteiger partial charge is 0.496 e. The van der Waals surface area contributed by atoms with Crippen molar-refractivity contribution in [2.75, 3.05) is 7.11 Å². The van der Waals surface area contributed by atoms with Crippen LogP contribution in [0.1, 0.15) is 17.9 Å². The molecule has 1 aliphatic rings. The molecule has 0 spiro atoms. The number of methoxy groups -OCH3 is 1. The monoisotopic (exact) mass is 176 g/mol. The van der Waals surface area contributed by atoms with E-state index in [0.717, 1.165) is 18.5 Å². The lowest BCUT2D eigenvalue weighted by molar-refractivity contribution is -0.108. The van der Waals surface area contributed by atoms with Gasteiger partial charge >= 0.3 is 0 Å². The number of aldehydes is 1. The van der Waals surface area contributed by atoms with Gasteiger partial charge in [0.15, 0.2) is 0 Å². The van der Waals surface area contributed by atoms with E-state index >= 15 is 0 Å². The van der Waals surface area contributed by atoms with E-state index in [1.54, 1.807) is 7.11 Å². The van der Waals surface area contributed by atoms with Gasteiger partial charge < -0.3 is 9.53 Å². The molecule has 0 N–H and O–H groups in total. The summed E-state index contributed by atoms with van der Waals surface area (Å²) in [6.45, 7) is 0. The maximum Gasteiger partial charge on any atom is 0.123 e. The van der Waals surface area contributed by atoms with Crippen molar-refractivity contribution >= 4 is 6.29 Å². The van der Waals surface area contributed by atoms with Crippen molar-refractivity contribution in [2.24, 2.45) is 5.92 Å². The van der Waals surface area contributed by atoms with Crippen LogP contribution in [0.25, 0.3) is 0 Å². The molecule has 2 atom stereocenters. The third kappa shape index (κ3) is 1.44. The maximum absolute atomic E-state index is 10.5. The SMILES string of the molecule is COc1ccccc1[C@H]1C[C@H]1C=O. The molecule has 2 nitrogen and oxygen atoms in total. The molecular formula is C11H12O2. The smallest absolute Gasteiger partial charge is 0.123 e. The molecule has 0 radical (unpaired) electrons. The molecule has 13 heavy (non-hydrogen) atoms. The van der Waals surface area contributed by atoms with Crippen molar-refractivity contribution in [3.05, 3.63) is 29.8 Å². The van der Waals surface area contributed by atoms with Crippen LogP contribution in [-0.4, -0.2) is 13.4 Å². The fourth-order valence-corrected chi connectivity index (χ4v) is 1.70. The summed E-state index contributed by atoms with van der Waals surface area (Å²) < 4.78 is 5.22. The number of carbonyl (C=O) groups excluding carboxylic acids is 1. The second kappa shape index (κ2) is 3.21. The Bertz CT molecular complexity index is 320. The average molecular weight is 176 g/mol. The Morgan fingerprint density at radius 1 is 1.46 bits per heavy atom. The number of hydrogen-bond acceptors (Lipinski definition) is 2. The molecule has 0 bridgehead atoms. The van der Waals surface area contributed by atoms with Gasteiger partial charge in [-0.15, -0.1) is 0 Å². The van der Waals surface area contributed by atoms with Crippen LogP contribution in [0.15, 0.2) is 24.3 Å². The van der Waals surface area contributed by atoms with Crippen molar-refractivity contribution in [3.8, 4) is 5.75 Å². The lowest BCUT2D eigenvalue weighted by Gasteiger charge is -2.05. The minimum Gasteiger partial charge on any atom is -0.496 e. The molecule has 0 heterocycles. The highest BCUT2D eigenvalue weighted by Crippen LogP contribution is 2.48. The van der Waals surface area contributed by atoms with Crippen LogP contribution in [0.2, 0.25) is 0 Å². The Morgan fingerprint density at radius 2 is 2.23 bits per heavy atom. The fraction of sp³-hybridized carbons (Fsp3) is 0.364. The predicted molar refractivity (Wildman–Crippen MR) is 49.9 cm³/mol. The molecule has 2 rings (SSSR count). The molecule has 0 unspecified atom stereocenters. The number of ether oxygens (including phenoxy) is 1. The fourth-order valence-electron chi connectivity index (χ4n) is 1.70. The van der Waals surface area contributed by atoms with Crippen molar-refractivity contribution in [1.29, 1.82) is 0 Å². The minimum absolute atomic E-state index is 0.219. The minimum atomic E-state index is 0.219. The van der Waals surface area contributed by atoms with Gasteiger partial charge in [-0.3, -0.25) is 0 Å². The topological polar surface area (TPSA) is 26.3 Å². The molecule has 1 fully saturated rings. The normalized spacial score (nSPS) is 25.3. The van der Waals surface area contributed by atoms with Crippen LogP contribution >= 0.6 is 0 Å². The number of benzene rings is 1. The highest BCUT2D eigenvalue weighted by Gasteiger charge is 2.39. The Hall–Kier alpha value is -1.31. The van der Waals surface area contributed by atoms with E-state index < -0.39 is 0 Å². The van der Waals surface area contributed by atoms with Gasteiger partial charge in [0.2, 0.25) is 0 Å². The lowest BCUT2D eigenvalue weighted by Crippen LogP contribution is -1.91. The van der Waals surface area contributed by atoms with Gasteiger partial charge in [-0.05, 0) is 24.0 Å². The average Bonchev–Trinajstić information content (AvgIpc) is 2.96. The summed E-state index contributed by atoms with van der Waals surface area (Å²) in [5, 5.41) is 0. The van der Waals surface area contributed by atoms with Crippen LogP contribution in [0.3, 0.4) is 0 Å². The zero-order chi connectivity index (χ0) is 9.26. The summed E-state index contributed by atoms with van der Waals surface area (Å²) in [5.41, 5.74) is 1.17. The second-order valence-corrected chi connectivity index (χ2v) is 3.38. The van der Waals surface area contributed by atoms with Gasteiger partial charge in [-0.2, -0.15) is 0 Å². The Balaban J connectivity index is 2.25. The summed E-state index contributed by atoms with van der Waals surface area (Å²) in [5.74, 6) is 1.52. The quantitative estimate of drug-likeness (QED) is 0.658. The van der Waals surface area contributed by atoms with Gasteiger partial charge in [-0.25, -0.2) is 0 Å². The molecule has 1 aromatic rings. The molecule has 2 heteroatoms.